The van der Waals surface area contributed by atoms with Crippen molar-refractivity contribution >= 4 is 40.2 Å². The number of carbonyl (C=O) groups excluding carboxylic acids is 2. The van der Waals surface area contributed by atoms with Gasteiger partial charge in [-0.1, -0.05) is 29.8 Å². The van der Waals surface area contributed by atoms with E-state index in [2.05, 4.69) is 10.3 Å². The maximum absolute atomic E-state index is 13.8. The number of fused-ring (bicyclic) bond motifs is 3. The Kier molecular flexibility index (Phi) is 5.13. The molecule has 33 heavy (non-hydrogen) atoms. The molecule has 7 heteroatoms. The van der Waals surface area contributed by atoms with Gasteiger partial charge >= 0.3 is 6.09 Å². The van der Waals surface area contributed by atoms with Crippen molar-refractivity contribution in [2.45, 2.75) is 38.7 Å². The Morgan fingerprint density at radius 3 is 2.64 bits per heavy atom. The van der Waals surface area contributed by atoms with Crippen LogP contribution in [0.25, 0.3) is 10.9 Å². The number of amides is 2. The number of ether oxygens (including phenoxy) is 1. The summed E-state index contributed by atoms with van der Waals surface area (Å²) in [6, 6.07) is 15.4. The van der Waals surface area contributed by atoms with Crippen LogP contribution >= 0.6 is 11.6 Å². The number of halogens is 1. The molecule has 0 aliphatic carbocycles. The summed E-state index contributed by atoms with van der Waals surface area (Å²) in [7, 11) is 0. The van der Waals surface area contributed by atoms with E-state index >= 15 is 0 Å². The zero-order valence-electron chi connectivity index (χ0n) is 18.7. The number of nitrogens with zero attached hydrogens (tertiary/aromatic N) is 2. The lowest BCUT2D eigenvalue weighted by Crippen LogP contribution is -2.47. The van der Waals surface area contributed by atoms with Crippen molar-refractivity contribution in [1.29, 1.82) is 0 Å². The minimum atomic E-state index is -0.694. The molecule has 0 bridgehead atoms. The Hall–Kier alpha value is -3.38. The van der Waals surface area contributed by atoms with Crippen molar-refractivity contribution in [3.8, 4) is 0 Å². The van der Waals surface area contributed by atoms with Crippen LogP contribution in [0.4, 0.5) is 10.5 Å². The van der Waals surface area contributed by atoms with Crippen molar-refractivity contribution in [3.63, 3.8) is 0 Å². The molecule has 5 rings (SSSR count). The summed E-state index contributed by atoms with van der Waals surface area (Å²) in [5.74, 6) is -0.719. The molecule has 2 aromatic carbocycles. The van der Waals surface area contributed by atoms with Gasteiger partial charge in [0.25, 0.3) is 5.91 Å². The normalized spacial score (nSPS) is 18.0. The van der Waals surface area contributed by atoms with E-state index in [-0.39, 0.29) is 18.4 Å². The van der Waals surface area contributed by atoms with Gasteiger partial charge in [0, 0.05) is 52.4 Å². The van der Waals surface area contributed by atoms with Crippen molar-refractivity contribution in [2.75, 3.05) is 11.9 Å². The highest BCUT2D eigenvalue weighted by Crippen LogP contribution is 2.47. The highest BCUT2D eigenvalue weighted by Gasteiger charge is 2.42. The number of hydrogen-bond donors (Lipinski definition) is 1. The molecule has 1 atom stereocenters. The van der Waals surface area contributed by atoms with E-state index in [4.69, 9.17) is 16.3 Å². The van der Waals surface area contributed by atoms with Crippen LogP contribution in [0.1, 0.15) is 44.2 Å². The molecule has 1 unspecified atom stereocenters. The monoisotopic (exact) mass is 461 g/mol. The summed E-state index contributed by atoms with van der Waals surface area (Å²) in [6.45, 7) is 5.63. The lowest BCUT2D eigenvalue weighted by atomic mass is 9.77. The Morgan fingerprint density at radius 2 is 1.91 bits per heavy atom. The molecule has 6 nitrogen and oxygen atoms in total. The van der Waals surface area contributed by atoms with Crippen LogP contribution in [0.3, 0.4) is 0 Å². The summed E-state index contributed by atoms with van der Waals surface area (Å²) in [6.07, 6.45) is 1.65. The average molecular weight is 462 g/mol. The topological polar surface area (TPSA) is 71.5 Å². The zero-order chi connectivity index (χ0) is 23.3. The van der Waals surface area contributed by atoms with Gasteiger partial charge in [-0.05, 0) is 62.2 Å². The van der Waals surface area contributed by atoms with Crippen LogP contribution in [0.15, 0.2) is 66.0 Å². The number of nitrogens with one attached hydrogen (secondary N) is 1. The van der Waals surface area contributed by atoms with E-state index in [1.807, 2.05) is 48.5 Å². The van der Waals surface area contributed by atoms with Crippen LogP contribution in [-0.4, -0.2) is 34.0 Å². The SMILES string of the molecule is CC(C)(C)OC(=O)N1CCC2=C(C1=O)C(c1ccc(Cl)cc1)c1c(ccc3ncccc13)N2. The number of aromatic nitrogens is 1. The molecule has 168 valence electrons. The Morgan fingerprint density at radius 1 is 1.15 bits per heavy atom. The van der Waals surface area contributed by atoms with Gasteiger partial charge in [0.2, 0.25) is 0 Å². The zero-order valence-corrected chi connectivity index (χ0v) is 19.4. The van der Waals surface area contributed by atoms with Gasteiger partial charge in [-0.25, -0.2) is 9.69 Å². The molecule has 1 aromatic heterocycles. The fourth-order valence-electron chi connectivity index (χ4n) is 4.54. The molecule has 0 fully saturated rings. The number of hydrogen-bond acceptors (Lipinski definition) is 5. The van der Waals surface area contributed by atoms with Crippen molar-refractivity contribution < 1.29 is 14.3 Å². The van der Waals surface area contributed by atoms with E-state index in [1.54, 1.807) is 27.0 Å². The third kappa shape index (κ3) is 3.85. The molecule has 2 aliphatic rings. The molecule has 2 amide bonds. The molecule has 3 heterocycles. The molecule has 3 aromatic rings. The predicted molar refractivity (Wildman–Crippen MR) is 128 cm³/mol. The van der Waals surface area contributed by atoms with Gasteiger partial charge in [-0.15, -0.1) is 0 Å². The Labute approximate surface area is 197 Å². The van der Waals surface area contributed by atoms with Crippen LogP contribution in [0, 0.1) is 0 Å². The van der Waals surface area contributed by atoms with Gasteiger partial charge in [0.05, 0.1) is 5.52 Å². The van der Waals surface area contributed by atoms with Gasteiger partial charge in [0.1, 0.15) is 5.60 Å². The van der Waals surface area contributed by atoms with Crippen LogP contribution < -0.4 is 5.32 Å². The van der Waals surface area contributed by atoms with Gasteiger partial charge in [-0.2, -0.15) is 0 Å². The fourth-order valence-corrected chi connectivity index (χ4v) is 4.67. The molecule has 2 aliphatic heterocycles. The number of carbonyl (C=O) groups is 2. The first-order chi connectivity index (χ1) is 15.7. The summed E-state index contributed by atoms with van der Waals surface area (Å²) in [4.78, 5) is 32.3. The molecule has 0 spiro atoms. The summed E-state index contributed by atoms with van der Waals surface area (Å²) in [5, 5.41) is 5.04. The highest BCUT2D eigenvalue weighted by atomic mass is 35.5. The smallest absolute Gasteiger partial charge is 0.417 e. The molecule has 1 N–H and O–H groups in total. The van der Waals surface area contributed by atoms with Crippen molar-refractivity contribution in [2.24, 2.45) is 0 Å². The van der Waals surface area contributed by atoms with E-state index in [0.29, 0.717) is 17.0 Å². The van der Waals surface area contributed by atoms with E-state index < -0.39 is 11.7 Å². The standard InChI is InChI=1S/C26H24ClN3O3/c1-26(2,3)33-25(32)30-14-12-20-23(24(30)31)21(15-6-8-16(27)9-7-15)22-17-5-4-13-28-18(17)10-11-19(22)29-20/h4-11,13,21,29H,12,14H2,1-3H3. The number of benzene rings is 2. The average Bonchev–Trinajstić information content (AvgIpc) is 2.77. The number of rotatable bonds is 1. The second kappa shape index (κ2) is 7.89. The third-order valence-corrected chi connectivity index (χ3v) is 6.14. The van der Waals surface area contributed by atoms with E-state index in [0.717, 1.165) is 33.4 Å². The van der Waals surface area contributed by atoms with Crippen molar-refractivity contribution in [3.05, 3.63) is 82.1 Å². The van der Waals surface area contributed by atoms with E-state index in [9.17, 15) is 9.59 Å². The maximum atomic E-state index is 13.8. The molecular formula is C26H24ClN3O3. The second-order valence-electron chi connectivity index (χ2n) is 9.29. The second-order valence-corrected chi connectivity index (χ2v) is 9.72. The number of pyridine rings is 1. The molecule has 0 saturated carbocycles. The highest BCUT2D eigenvalue weighted by molar-refractivity contribution is 6.30. The van der Waals surface area contributed by atoms with Crippen LogP contribution in [-0.2, 0) is 9.53 Å². The molecule has 0 saturated heterocycles. The number of anilines is 1. The maximum Gasteiger partial charge on any atom is 0.417 e. The minimum Gasteiger partial charge on any atom is -0.443 e. The molecule has 0 radical (unpaired) electrons. The van der Waals surface area contributed by atoms with Gasteiger partial charge < -0.3 is 10.1 Å². The Balaban J connectivity index is 1.68. The quantitative estimate of drug-likeness (QED) is 0.491. The largest absolute Gasteiger partial charge is 0.443 e. The number of imide groups is 1. The van der Waals surface area contributed by atoms with Crippen LogP contribution in [0.2, 0.25) is 5.02 Å². The Bertz CT molecular complexity index is 1310. The van der Waals surface area contributed by atoms with Crippen LogP contribution in [0.5, 0.6) is 0 Å². The fraction of sp³-hybridized carbons (Fsp3) is 0.269. The minimum absolute atomic E-state index is 0.261. The van der Waals surface area contributed by atoms with E-state index in [1.165, 1.54) is 4.90 Å². The van der Waals surface area contributed by atoms with Gasteiger partial charge in [0.15, 0.2) is 0 Å². The summed E-state index contributed by atoms with van der Waals surface area (Å²) >= 11 is 6.17. The lowest BCUT2D eigenvalue weighted by molar-refractivity contribution is -0.127. The molecular weight excluding hydrogens is 438 g/mol. The van der Waals surface area contributed by atoms with Crippen molar-refractivity contribution in [1.82, 2.24) is 9.88 Å². The summed E-state index contributed by atoms with van der Waals surface area (Å²) in [5.41, 5.74) is 4.35. The first kappa shape index (κ1) is 21.5. The first-order valence-electron chi connectivity index (χ1n) is 10.9. The van der Waals surface area contributed by atoms with Gasteiger partial charge in [-0.3, -0.25) is 9.78 Å². The summed E-state index contributed by atoms with van der Waals surface area (Å²) < 4.78 is 5.52. The first-order valence-corrected chi connectivity index (χ1v) is 11.3. The lowest BCUT2D eigenvalue weighted by Gasteiger charge is -2.38. The third-order valence-electron chi connectivity index (χ3n) is 5.89. The predicted octanol–water partition coefficient (Wildman–Crippen LogP) is 5.87.